The molecule has 0 spiro atoms. The Kier molecular flexibility index (Phi) is 4.77. The van der Waals surface area contributed by atoms with Gasteiger partial charge in [0, 0.05) is 17.3 Å². The zero-order valence-electron chi connectivity index (χ0n) is 13.8. The molecule has 6 heteroatoms. The molecule has 0 saturated heterocycles. The van der Waals surface area contributed by atoms with Gasteiger partial charge in [0.15, 0.2) is 0 Å². The summed E-state index contributed by atoms with van der Waals surface area (Å²) in [5, 5.41) is 9.59. The van der Waals surface area contributed by atoms with E-state index in [1.807, 2.05) is 24.3 Å². The predicted octanol–water partition coefficient (Wildman–Crippen LogP) is 3.18. The normalized spacial score (nSPS) is 15.7. The van der Waals surface area contributed by atoms with E-state index in [1.165, 1.54) is 0 Å². The number of hydrogen-bond donors (Lipinski definition) is 2. The highest BCUT2D eigenvalue weighted by Crippen LogP contribution is 2.43. The summed E-state index contributed by atoms with van der Waals surface area (Å²) in [5.41, 5.74) is 2.07. The number of rotatable bonds is 2. The molecule has 6 nitrogen and oxygen atoms in total. The molecule has 1 aliphatic heterocycles. The lowest BCUT2D eigenvalue weighted by Gasteiger charge is -2.27. The van der Waals surface area contributed by atoms with Crippen LogP contribution in [-0.4, -0.2) is 12.1 Å². The van der Waals surface area contributed by atoms with Crippen LogP contribution in [0.5, 0.6) is 11.5 Å². The average Bonchev–Trinajstić information content (AvgIpc) is 2.53. The van der Waals surface area contributed by atoms with E-state index in [1.54, 1.807) is 27.0 Å². The molecule has 3 rings (SSSR count). The molecule has 4 N–H and O–H groups in total. The summed E-state index contributed by atoms with van der Waals surface area (Å²) in [7, 11) is 1.57. The Labute approximate surface area is 139 Å². The molecule has 1 aliphatic rings. The van der Waals surface area contributed by atoms with Crippen molar-refractivity contribution in [3.8, 4) is 17.6 Å². The van der Waals surface area contributed by atoms with Crippen LogP contribution in [0.4, 0.5) is 0 Å². The summed E-state index contributed by atoms with van der Waals surface area (Å²) in [6, 6.07) is 11.4. The second-order valence-corrected chi connectivity index (χ2v) is 5.42. The van der Waals surface area contributed by atoms with E-state index in [-0.39, 0.29) is 11.7 Å². The van der Waals surface area contributed by atoms with Crippen molar-refractivity contribution in [1.82, 2.24) is 11.1 Å². The summed E-state index contributed by atoms with van der Waals surface area (Å²) in [5.74, 6) is 1.11. The number of aryl methyl sites for hydroxylation is 1. The van der Waals surface area contributed by atoms with Gasteiger partial charge in [-0.2, -0.15) is 5.26 Å². The Morgan fingerprint density at radius 2 is 2.00 bits per heavy atom. The highest BCUT2D eigenvalue weighted by molar-refractivity contribution is 5.57. The Balaban J connectivity index is 0.00000208. The number of H-pyrrole nitrogens is 1. The SMILES string of the molecule is COc1ccccc1C1C(C#N)=C(C)Oc2cc(C)[nH]c(=O)c21.N. The number of fused-ring (bicyclic) bond motifs is 1. The third-order valence-electron chi connectivity index (χ3n) is 3.96. The van der Waals surface area contributed by atoms with Gasteiger partial charge in [-0.15, -0.1) is 0 Å². The maximum Gasteiger partial charge on any atom is 0.256 e. The Morgan fingerprint density at radius 1 is 1.29 bits per heavy atom. The number of nitrogens with one attached hydrogen (secondary N) is 1. The molecule has 1 aromatic heterocycles. The summed E-state index contributed by atoms with van der Waals surface area (Å²) in [6.45, 7) is 3.53. The molecule has 0 bridgehead atoms. The number of aromatic amines is 1. The Morgan fingerprint density at radius 3 is 2.67 bits per heavy atom. The number of methoxy groups -OCH3 is 1. The standard InChI is InChI=1S/C18H16N2O3.H3N/c1-10-8-15-17(18(21)20-10)16(13(9-19)11(2)23-15)12-6-4-5-7-14(12)22-3;/h4-8,16H,1-3H3,(H,20,21);1H3. The smallest absolute Gasteiger partial charge is 0.256 e. The first-order chi connectivity index (χ1) is 11.1. The van der Waals surface area contributed by atoms with E-state index in [0.29, 0.717) is 34.1 Å². The molecular weight excluding hydrogens is 306 g/mol. The number of hydrogen-bond acceptors (Lipinski definition) is 5. The monoisotopic (exact) mass is 325 g/mol. The van der Waals surface area contributed by atoms with E-state index >= 15 is 0 Å². The van der Waals surface area contributed by atoms with E-state index in [4.69, 9.17) is 9.47 Å². The van der Waals surface area contributed by atoms with Crippen LogP contribution in [0.1, 0.15) is 29.7 Å². The minimum absolute atomic E-state index is 0. The number of nitriles is 1. The zero-order valence-corrected chi connectivity index (χ0v) is 13.8. The van der Waals surface area contributed by atoms with Gasteiger partial charge < -0.3 is 20.6 Å². The van der Waals surface area contributed by atoms with Crippen LogP contribution in [0.3, 0.4) is 0 Å². The van der Waals surface area contributed by atoms with Gasteiger partial charge in [0.1, 0.15) is 17.3 Å². The van der Waals surface area contributed by atoms with E-state index in [0.717, 1.165) is 5.56 Å². The number of nitrogens with zero attached hydrogens (tertiary/aromatic N) is 1. The number of benzene rings is 1. The second-order valence-electron chi connectivity index (χ2n) is 5.42. The summed E-state index contributed by atoms with van der Waals surface area (Å²) in [6.07, 6.45) is 0. The van der Waals surface area contributed by atoms with Crippen LogP contribution in [0.25, 0.3) is 0 Å². The van der Waals surface area contributed by atoms with Crippen LogP contribution < -0.4 is 21.2 Å². The molecule has 0 fully saturated rings. The fourth-order valence-corrected chi connectivity index (χ4v) is 2.95. The van der Waals surface area contributed by atoms with Gasteiger partial charge in [-0.05, 0) is 19.9 Å². The molecule has 0 saturated carbocycles. The van der Waals surface area contributed by atoms with Crippen LogP contribution in [0, 0.1) is 18.3 Å². The fraction of sp³-hybridized carbons (Fsp3) is 0.222. The zero-order chi connectivity index (χ0) is 16.6. The van der Waals surface area contributed by atoms with Gasteiger partial charge in [0.2, 0.25) is 0 Å². The number of aromatic nitrogens is 1. The molecule has 124 valence electrons. The van der Waals surface area contributed by atoms with Gasteiger partial charge in [-0.1, -0.05) is 18.2 Å². The van der Waals surface area contributed by atoms with Crippen LogP contribution in [0.2, 0.25) is 0 Å². The minimum atomic E-state index is -0.510. The van der Waals surface area contributed by atoms with Gasteiger partial charge >= 0.3 is 0 Å². The highest BCUT2D eigenvalue weighted by Gasteiger charge is 2.34. The predicted molar refractivity (Wildman–Crippen MR) is 90.6 cm³/mol. The van der Waals surface area contributed by atoms with Gasteiger partial charge in [-0.25, -0.2) is 0 Å². The first kappa shape index (κ1) is 17.3. The molecule has 2 aromatic rings. The topological polar surface area (TPSA) is 110 Å². The van der Waals surface area contributed by atoms with Crippen molar-refractivity contribution < 1.29 is 9.47 Å². The van der Waals surface area contributed by atoms with Crippen molar-refractivity contribution in [3.05, 3.63) is 68.8 Å². The molecule has 24 heavy (non-hydrogen) atoms. The Bertz CT molecular complexity index is 906. The lowest BCUT2D eigenvalue weighted by Crippen LogP contribution is -2.25. The molecule has 0 amide bonds. The molecule has 1 unspecified atom stereocenters. The molecule has 1 atom stereocenters. The Hall–Kier alpha value is -3.04. The first-order valence-electron chi connectivity index (χ1n) is 7.22. The number of allylic oxidation sites excluding steroid dienone is 2. The average molecular weight is 325 g/mol. The largest absolute Gasteiger partial charge is 0.496 e. The quantitative estimate of drug-likeness (QED) is 0.881. The molecule has 2 heterocycles. The van der Waals surface area contributed by atoms with Crippen molar-refractivity contribution in [2.24, 2.45) is 0 Å². The lowest BCUT2D eigenvalue weighted by molar-refractivity contribution is 0.390. The first-order valence-corrected chi connectivity index (χ1v) is 7.22. The van der Waals surface area contributed by atoms with Crippen LogP contribution in [0.15, 0.2) is 46.5 Å². The van der Waals surface area contributed by atoms with Crippen LogP contribution >= 0.6 is 0 Å². The molecule has 1 aromatic carbocycles. The van der Waals surface area contributed by atoms with E-state index < -0.39 is 5.92 Å². The van der Waals surface area contributed by atoms with Gasteiger partial charge in [-0.3, -0.25) is 4.79 Å². The summed E-state index contributed by atoms with van der Waals surface area (Å²) >= 11 is 0. The third-order valence-corrected chi connectivity index (χ3v) is 3.96. The van der Waals surface area contributed by atoms with E-state index in [9.17, 15) is 10.1 Å². The van der Waals surface area contributed by atoms with Gasteiger partial charge in [0.25, 0.3) is 5.56 Å². The van der Waals surface area contributed by atoms with Crippen LogP contribution in [-0.2, 0) is 0 Å². The fourth-order valence-electron chi connectivity index (χ4n) is 2.95. The third kappa shape index (κ3) is 2.66. The number of ether oxygens (including phenoxy) is 2. The van der Waals surface area contributed by atoms with Crippen molar-refractivity contribution in [1.29, 1.82) is 5.26 Å². The van der Waals surface area contributed by atoms with Crippen molar-refractivity contribution in [2.75, 3.05) is 7.11 Å². The minimum Gasteiger partial charge on any atom is -0.496 e. The maximum absolute atomic E-state index is 12.5. The summed E-state index contributed by atoms with van der Waals surface area (Å²) < 4.78 is 11.1. The lowest BCUT2D eigenvalue weighted by atomic mass is 9.83. The van der Waals surface area contributed by atoms with Crippen molar-refractivity contribution in [2.45, 2.75) is 19.8 Å². The summed E-state index contributed by atoms with van der Waals surface area (Å²) in [4.78, 5) is 15.3. The molecule has 0 radical (unpaired) electrons. The van der Waals surface area contributed by atoms with Gasteiger partial charge in [0.05, 0.1) is 30.2 Å². The molecule has 0 aliphatic carbocycles. The highest BCUT2D eigenvalue weighted by atomic mass is 16.5. The number of pyridine rings is 1. The second kappa shape index (κ2) is 6.60. The molecular formula is C18H19N3O3. The number of para-hydroxylation sites is 1. The van der Waals surface area contributed by atoms with Crippen molar-refractivity contribution in [3.63, 3.8) is 0 Å². The maximum atomic E-state index is 12.5. The van der Waals surface area contributed by atoms with E-state index in [2.05, 4.69) is 11.1 Å². The van der Waals surface area contributed by atoms with Crippen molar-refractivity contribution >= 4 is 0 Å².